The fourth-order valence-electron chi connectivity index (χ4n) is 3.65. The second-order valence-corrected chi connectivity index (χ2v) is 5.72. The van der Waals surface area contributed by atoms with Gasteiger partial charge in [0.2, 0.25) is 5.91 Å². The van der Waals surface area contributed by atoms with Crippen molar-refractivity contribution in [3.8, 4) is 0 Å². The first kappa shape index (κ1) is 12.9. The maximum absolute atomic E-state index is 12.8. The van der Waals surface area contributed by atoms with Gasteiger partial charge >= 0.3 is 0 Å². The number of hydrogen-bond acceptors (Lipinski definition) is 2. The van der Waals surface area contributed by atoms with E-state index < -0.39 is 0 Å². The van der Waals surface area contributed by atoms with Gasteiger partial charge in [0.1, 0.15) is 0 Å². The lowest BCUT2D eigenvalue weighted by Gasteiger charge is -2.41. The topological polar surface area (TPSA) is 46.3 Å². The third-order valence-corrected chi connectivity index (χ3v) is 5.13. The number of amides is 1. The summed E-state index contributed by atoms with van der Waals surface area (Å²) in [6.45, 7) is 4.69. The molecule has 2 atom stereocenters. The smallest absolute Gasteiger partial charge is 0.230 e. The van der Waals surface area contributed by atoms with Crippen LogP contribution in [0.2, 0.25) is 0 Å². The van der Waals surface area contributed by atoms with Gasteiger partial charge in [0.15, 0.2) is 0 Å². The van der Waals surface area contributed by atoms with Gasteiger partial charge in [-0.3, -0.25) is 4.79 Å². The van der Waals surface area contributed by atoms with Gasteiger partial charge in [-0.15, -0.1) is 0 Å². The van der Waals surface area contributed by atoms with Gasteiger partial charge in [0.25, 0.3) is 0 Å². The molecule has 2 aliphatic heterocycles. The molecule has 0 aromatic rings. The zero-order chi connectivity index (χ0) is 12.5. The van der Waals surface area contributed by atoms with E-state index in [0.29, 0.717) is 24.5 Å². The highest BCUT2D eigenvalue weighted by molar-refractivity contribution is 5.84. The summed E-state index contributed by atoms with van der Waals surface area (Å²) in [5, 5.41) is 0. The Labute approximate surface area is 105 Å². The molecule has 3 nitrogen and oxygen atoms in total. The third kappa shape index (κ3) is 1.99. The molecule has 3 heteroatoms. The molecule has 0 radical (unpaired) electrons. The largest absolute Gasteiger partial charge is 0.336 e. The molecule has 0 aromatic heterocycles. The van der Waals surface area contributed by atoms with Crippen LogP contribution < -0.4 is 5.73 Å². The molecule has 2 bridgehead atoms. The Morgan fingerprint density at radius 1 is 1.18 bits per heavy atom. The predicted molar refractivity (Wildman–Crippen MR) is 69.6 cm³/mol. The number of piperidine rings is 1. The maximum atomic E-state index is 12.8. The van der Waals surface area contributed by atoms with Gasteiger partial charge in [-0.2, -0.15) is 0 Å². The van der Waals surface area contributed by atoms with E-state index in [4.69, 9.17) is 5.73 Å². The van der Waals surface area contributed by atoms with E-state index >= 15 is 0 Å². The summed E-state index contributed by atoms with van der Waals surface area (Å²) in [7, 11) is 0. The Morgan fingerprint density at radius 3 is 2.12 bits per heavy atom. The van der Waals surface area contributed by atoms with E-state index in [1.54, 1.807) is 0 Å². The first-order valence-corrected chi connectivity index (χ1v) is 7.21. The summed E-state index contributed by atoms with van der Waals surface area (Å²) < 4.78 is 0. The van der Waals surface area contributed by atoms with E-state index in [9.17, 15) is 4.79 Å². The highest BCUT2D eigenvalue weighted by Crippen LogP contribution is 2.40. The fourth-order valence-corrected chi connectivity index (χ4v) is 3.65. The minimum atomic E-state index is -0.293. The number of hydrogen-bond donors (Lipinski definition) is 1. The second kappa shape index (κ2) is 4.97. The lowest BCUT2D eigenvalue weighted by molar-refractivity contribution is -0.146. The van der Waals surface area contributed by atoms with Gasteiger partial charge in [0.05, 0.1) is 5.41 Å². The van der Waals surface area contributed by atoms with Gasteiger partial charge in [0, 0.05) is 18.6 Å². The molecule has 2 N–H and O–H groups in total. The Balaban J connectivity index is 2.19. The van der Waals surface area contributed by atoms with Crippen LogP contribution in [0.25, 0.3) is 0 Å². The molecule has 0 aliphatic carbocycles. The Bertz CT molecular complexity index is 262. The predicted octanol–water partition coefficient (Wildman–Crippen LogP) is 2.29. The third-order valence-electron chi connectivity index (χ3n) is 5.13. The molecule has 2 rings (SSSR count). The van der Waals surface area contributed by atoms with Gasteiger partial charge in [-0.05, 0) is 44.9 Å². The van der Waals surface area contributed by atoms with Crippen LogP contribution in [0.4, 0.5) is 0 Å². The summed E-state index contributed by atoms with van der Waals surface area (Å²) in [5.41, 5.74) is 5.61. The first-order chi connectivity index (χ1) is 8.18. The second-order valence-electron chi connectivity index (χ2n) is 5.72. The summed E-state index contributed by atoms with van der Waals surface area (Å²) in [4.78, 5) is 15.0. The molecule has 2 saturated heterocycles. The highest BCUT2D eigenvalue weighted by Gasteiger charge is 2.46. The Kier molecular flexibility index (Phi) is 3.76. The van der Waals surface area contributed by atoms with Crippen LogP contribution in [0.15, 0.2) is 0 Å². The highest BCUT2D eigenvalue weighted by atomic mass is 16.2. The quantitative estimate of drug-likeness (QED) is 0.817. The van der Waals surface area contributed by atoms with Crippen molar-refractivity contribution in [3.63, 3.8) is 0 Å². The number of nitrogens with two attached hydrogens (primary N) is 1. The summed E-state index contributed by atoms with van der Waals surface area (Å²) in [6.07, 6.45) is 7.87. The van der Waals surface area contributed by atoms with Crippen molar-refractivity contribution in [3.05, 3.63) is 0 Å². The van der Waals surface area contributed by atoms with E-state index in [-0.39, 0.29) is 5.41 Å². The van der Waals surface area contributed by atoms with Gasteiger partial charge in [-0.1, -0.05) is 13.8 Å². The van der Waals surface area contributed by atoms with E-state index in [2.05, 4.69) is 18.7 Å². The Morgan fingerprint density at radius 2 is 1.71 bits per heavy atom. The van der Waals surface area contributed by atoms with Crippen LogP contribution in [-0.4, -0.2) is 29.4 Å². The Hall–Kier alpha value is -0.570. The molecule has 0 spiro atoms. The van der Waals surface area contributed by atoms with Crippen molar-refractivity contribution in [2.75, 3.05) is 6.54 Å². The molecule has 2 heterocycles. The SMILES string of the molecule is CCC(CC)(CN)C(=O)N1C2CCCC1CC2. The average Bonchev–Trinajstić information content (AvgIpc) is 2.61. The maximum Gasteiger partial charge on any atom is 0.230 e. The zero-order valence-electron chi connectivity index (χ0n) is 11.2. The van der Waals surface area contributed by atoms with Gasteiger partial charge in [-0.25, -0.2) is 0 Å². The monoisotopic (exact) mass is 238 g/mol. The molecule has 2 unspecified atom stereocenters. The molecule has 17 heavy (non-hydrogen) atoms. The molecular formula is C14H26N2O. The summed E-state index contributed by atoms with van der Waals surface area (Å²) in [6, 6.07) is 1.04. The van der Waals surface area contributed by atoms with Crippen molar-refractivity contribution in [1.29, 1.82) is 0 Å². The van der Waals surface area contributed by atoms with Crippen molar-refractivity contribution in [1.82, 2.24) is 4.90 Å². The van der Waals surface area contributed by atoms with Crippen LogP contribution in [0.3, 0.4) is 0 Å². The van der Waals surface area contributed by atoms with Crippen molar-refractivity contribution in [2.45, 2.75) is 70.9 Å². The van der Waals surface area contributed by atoms with E-state index in [1.165, 1.54) is 32.1 Å². The van der Waals surface area contributed by atoms with E-state index in [1.807, 2.05) is 0 Å². The zero-order valence-corrected chi connectivity index (χ0v) is 11.2. The summed E-state index contributed by atoms with van der Waals surface area (Å²) in [5.74, 6) is 0.345. The standard InChI is InChI=1S/C14H26N2O/c1-3-14(4-2,10-15)13(17)16-11-6-5-7-12(16)9-8-11/h11-12H,3-10,15H2,1-2H3. The minimum absolute atomic E-state index is 0.293. The van der Waals surface area contributed by atoms with Crippen LogP contribution in [0, 0.1) is 5.41 Å². The first-order valence-electron chi connectivity index (χ1n) is 7.21. The van der Waals surface area contributed by atoms with Crippen LogP contribution in [-0.2, 0) is 4.79 Å². The van der Waals surface area contributed by atoms with Crippen molar-refractivity contribution >= 4 is 5.91 Å². The number of nitrogens with zero attached hydrogens (tertiary/aromatic N) is 1. The summed E-state index contributed by atoms with van der Waals surface area (Å²) >= 11 is 0. The lowest BCUT2D eigenvalue weighted by atomic mass is 9.80. The van der Waals surface area contributed by atoms with Crippen LogP contribution >= 0.6 is 0 Å². The molecule has 98 valence electrons. The van der Waals surface area contributed by atoms with Crippen molar-refractivity contribution in [2.24, 2.45) is 11.1 Å². The molecule has 0 aromatic carbocycles. The molecule has 1 amide bonds. The normalized spacial score (nSPS) is 28.5. The fraction of sp³-hybridized carbons (Fsp3) is 0.929. The average molecular weight is 238 g/mol. The van der Waals surface area contributed by atoms with Gasteiger partial charge < -0.3 is 10.6 Å². The minimum Gasteiger partial charge on any atom is -0.336 e. The molecule has 2 aliphatic rings. The number of rotatable bonds is 4. The molecule has 2 fully saturated rings. The number of carbonyl (C=O) groups excluding carboxylic acids is 1. The van der Waals surface area contributed by atoms with E-state index in [0.717, 1.165) is 12.8 Å². The number of fused-ring (bicyclic) bond motifs is 2. The lowest BCUT2D eigenvalue weighted by Crippen LogP contribution is -2.53. The van der Waals surface area contributed by atoms with Crippen LogP contribution in [0.1, 0.15) is 58.8 Å². The molecule has 0 saturated carbocycles. The molecular weight excluding hydrogens is 212 g/mol. The van der Waals surface area contributed by atoms with Crippen molar-refractivity contribution < 1.29 is 4.79 Å². The number of carbonyl (C=O) groups is 1. The van der Waals surface area contributed by atoms with Crippen LogP contribution in [0.5, 0.6) is 0 Å².